The van der Waals surface area contributed by atoms with Crippen LogP contribution in [0.25, 0.3) is 0 Å². The molecule has 1 aliphatic heterocycles. The second-order valence-corrected chi connectivity index (χ2v) is 8.40. The normalized spacial score (nSPS) is 25.1. The molecule has 0 spiro atoms. The predicted octanol–water partition coefficient (Wildman–Crippen LogP) is -0.0212. The molecule has 1 aromatic rings. The molecule has 0 bridgehead atoms. The van der Waals surface area contributed by atoms with E-state index in [-0.39, 0.29) is 29.9 Å². The first-order valence-corrected chi connectivity index (χ1v) is 9.30. The molecule has 1 aromatic heterocycles. The van der Waals surface area contributed by atoms with Gasteiger partial charge in [0.05, 0.1) is 11.5 Å². The van der Waals surface area contributed by atoms with Gasteiger partial charge in [0.2, 0.25) is 11.9 Å². The zero-order chi connectivity index (χ0) is 15.9. The number of amides is 1. The lowest BCUT2D eigenvalue weighted by Crippen LogP contribution is -2.47. The topological polar surface area (TPSA) is 97.2 Å². The number of aromatic nitrogens is 3. The number of rotatable bonds is 4. The average Bonchev–Trinajstić information content (AvgIpc) is 3.19. The highest BCUT2D eigenvalue weighted by Crippen LogP contribution is 2.37. The molecule has 1 unspecified atom stereocenters. The minimum atomic E-state index is -3.05. The highest BCUT2D eigenvalue weighted by Gasteiger charge is 2.32. The van der Waals surface area contributed by atoms with Crippen LogP contribution >= 0.6 is 0 Å². The molecule has 1 atom stereocenters. The third kappa shape index (κ3) is 3.30. The molecule has 1 saturated heterocycles. The van der Waals surface area contributed by atoms with Crippen LogP contribution in [-0.2, 0) is 14.6 Å². The Balaban J connectivity index is 1.65. The van der Waals surface area contributed by atoms with E-state index in [9.17, 15) is 13.2 Å². The van der Waals surface area contributed by atoms with Crippen LogP contribution < -0.4 is 5.32 Å². The van der Waals surface area contributed by atoms with Crippen molar-refractivity contribution in [3.05, 3.63) is 5.82 Å². The van der Waals surface area contributed by atoms with Crippen LogP contribution in [0.5, 0.6) is 0 Å². The molecular formula is C13H21N5O3S. The monoisotopic (exact) mass is 327 g/mol. The van der Waals surface area contributed by atoms with Crippen molar-refractivity contribution in [1.82, 2.24) is 19.7 Å². The van der Waals surface area contributed by atoms with Crippen LogP contribution in [0.2, 0.25) is 0 Å². The molecule has 122 valence electrons. The number of nitrogens with zero attached hydrogens (tertiary/aromatic N) is 4. The molecule has 1 amide bonds. The number of carbonyl (C=O) groups excluding carboxylic acids is 1. The minimum Gasteiger partial charge on any atom is -0.301 e. The van der Waals surface area contributed by atoms with Crippen LogP contribution in [0.3, 0.4) is 0 Å². The van der Waals surface area contributed by atoms with E-state index in [2.05, 4.69) is 15.5 Å². The van der Waals surface area contributed by atoms with Crippen molar-refractivity contribution < 1.29 is 13.2 Å². The van der Waals surface area contributed by atoms with Gasteiger partial charge >= 0.3 is 0 Å². The second-order valence-electron chi connectivity index (χ2n) is 6.17. The molecule has 22 heavy (non-hydrogen) atoms. The number of hydrogen-bond donors (Lipinski definition) is 1. The van der Waals surface area contributed by atoms with E-state index in [1.807, 2.05) is 23.4 Å². The van der Waals surface area contributed by atoms with Gasteiger partial charge in [-0.05, 0) is 26.8 Å². The molecule has 9 heteroatoms. The number of hydrogen-bond acceptors (Lipinski definition) is 6. The zero-order valence-corrected chi connectivity index (χ0v) is 13.6. The van der Waals surface area contributed by atoms with Gasteiger partial charge in [0.25, 0.3) is 0 Å². The molecule has 0 radical (unpaired) electrons. The zero-order valence-electron chi connectivity index (χ0n) is 12.8. The van der Waals surface area contributed by atoms with Crippen LogP contribution in [0.1, 0.15) is 31.1 Å². The van der Waals surface area contributed by atoms with Crippen molar-refractivity contribution in [3.8, 4) is 0 Å². The van der Waals surface area contributed by atoms with Crippen LogP contribution in [0.4, 0.5) is 5.95 Å². The first-order chi connectivity index (χ1) is 10.4. The summed E-state index contributed by atoms with van der Waals surface area (Å²) in [5.74, 6) is 1.23. The maximum atomic E-state index is 12.2. The fourth-order valence-corrected chi connectivity index (χ4v) is 4.49. The van der Waals surface area contributed by atoms with Gasteiger partial charge in [-0.2, -0.15) is 0 Å². The summed E-state index contributed by atoms with van der Waals surface area (Å²) >= 11 is 0. The van der Waals surface area contributed by atoms with Crippen molar-refractivity contribution in [2.45, 2.75) is 38.3 Å². The molecule has 2 heterocycles. The van der Waals surface area contributed by atoms with Crippen LogP contribution in [0, 0.1) is 6.92 Å². The lowest BCUT2D eigenvalue weighted by Gasteiger charge is -2.31. The standard InChI is InChI=1S/C13H21N5O3S/c1-9-15-16-13(18(9)10-3-4-10)14-12(19)7-11-8-22(20,21)6-5-17(11)2/h10-11H,3-8H2,1-2H3,(H,14,16,19). The van der Waals surface area contributed by atoms with Gasteiger partial charge in [-0.3, -0.25) is 14.7 Å². The van der Waals surface area contributed by atoms with Crippen molar-refractivity contribution in [1.29, 1.82) is 0 Å². The smallest absolute Gasteiger partial charge is 0.231 e. The molecule has 8 nitrogen and oxygen atoms in total. The fourth-order valence-electron chi connectivity index (χ4n) is 2.80. The number of anilines is 1. The Kier molecular flexibility index (Phi) is 3.94. The Labute approximate surface area is 129 Å². The van der Waals surface area contributed by atoms with Gasteiger partial charge in [0.15, 0.2) is 9.84 Å². The summed E-state index contributed by atoms with van der Waals surface area (Å²) in [7, 11) is -1.19. The quantitative estimate of drug-likeness (QED) is 0.835. The highest BCUT2D eigenvalue weighted by atomic mass is 32.2. The first kappa shape index (κ1) is 15.4. The lowest BCUT2D eigenvalue weighted by atomic mass is 10.2. The summed E-state index contributed by atoms with van der Waals surface area (Å²) in [5.41, 5.74) is 0. The second kappa shape index (κ2) is 5.62. The van der Waals surface area contributed by atoms with Gasteiger partial charge in [-0.25, -0.2) is 8.42 Å². The van der Waals surface area contributed by atoms with Crippen molar-refractivity contribution in [2.24, 2.45) is 0 Å². The molecule has 2 aliphatic rings. The number of carbonyl (C=O) groups is 1. The molecule has 1 aliphatic carbocycles. The maximum absolute atomic E-state index is 12.2. The van der Waals surface area contributed by atoms with Crippen molar-refractivity contribution >= 4 is 21.7 Å². The van der Waals surface area contributed by atoms with E-state index < -0.39 is 9.84 Å². The summed E-state index contributed by atoms with van der Waals surface area (Å²) in [6, 6.07) is 0.0974. The Hall–Kier alpha value is -1.48. The largest absolute Gasteiger partial charge is 0.301 e. The van der Waals surface area contributed by atoms with Crippen molar-refractivity contribution in [3.63, 3.8) is 0 Å². The van der Waals surface area contributed by atoms with Crippen LogP contribution in [-0.4, -0.2) is 65.1 Å². The lowest BCUT2D eigenvalue weighted by molar-refractivity contribution is -0.117. The highest BCUT2D eigenvalue weighted by molar-refractivity contribution is 7.91. The van der Waals surface area contributed by atoms with Crippen molar-refractivity contribution in [2.75, 3.05) is 30.4 Å². The average molecular weight is 327 g/mol. The third-order valence-electron chi connectivity index (χ3n) is 4.28. The minimum absolute atomic E-state index is 0.0330. The van der Waals surface area contributed by atoms with E-state index in [0.29, 0.717) is 18.5 Å². The SMILES string of the molecule is Cc1nnc(NC(=O)CC2CS(=O)(=O)CCN2C)n1C1CC1. The fraction of sp³-hybridized carbons (Fsp3) is 0.769. The predicted molar refractivity (Wildman–Crippen MR) is 81.3 cm³/mol. The summed E-state index contributed by atoms with van der Waals surface area (Å²) in [6.45, 7) is 2.33. The van der Waals surface area contributed by atoms with E-state index in [1.165, 1.54) is 0 Å². The van der Waals surface area contributed by atoms with E-state index >= 15 is 0 Å². The number of sulfone groups is 1. The van der Waals surface area contributed by atoms with Crippen LogP contribution in [0.15, 0.2) is 0 Å². The Morgan fingerprint density at radius 2 is 2.09 bits per heavy atom. The number of aryl methyl sites for hydroxylation is 1. The molecule has 0 aromatic carbocycles. The Bertz CT molecular complexity index is 680. The van der Waals surface area contributed by atoms with E-state index in [0.717, 1.165) is 18.7 Å². The number of nitrogens with one attached hydrogen (secondary N) is 1. The van der Waals surface area contributed by atoms with Gasteiger partial charge in [-0.15, -0.1) is 10.2 Å². The molecule has 1 saturated carbocycles. The molecule has 2 fully saturated rings. The summed E-state index contributed by atoms with van der Waals surface area (Å²) < 4.78 is 25.4. The van der Waals surface area contributed by atoms with Gasteiger partial charge in [0, 0.05) is 25.0 Å². The van der Waals surface area contributed by atoms with E-state index in [4.69, 9.17) is 0 Å². The maximum Gasteiger partial charge on any atom is 0.231 e. The molecular weight excluding hydrogens is 306 g/mol. The van der Waals surface area contributed by atoms with Gasteiger partial charge < -0.3 is 4.90 Å². The molecule has 1 N–H and O–H groups in total. The Morgan fingerprint density at radius 1 is 1.36 bits per heavy atom. The Morgan fingerprint density at radius 3 is 2.77 bits per heavy atom. The summed E-state index contributed by atoms with van der Waals surface area (Å²) in [5, 5.41) is 10.8. The summed E-state index contributed by atoms with van der Waals surface area (Å²) in [6.07, 6.45) is 2.29. The van der Waals surface area contributed by atoms with Gasteiger partial charge in [0.1, 0.15) is 5.82 Å². The van der Waals surface area contributed by atoms with Gasteiger partial charge in [-0.1, -0.05) is 0 Å². The summed E-state index contributed by atoms with van der Waals surface area (Å²) in [4.78, 5) is 14.2. The third-order valence-corrected chi connectivity index (χ3v) is 5.97. The first-order valence-electron chi connectivity index (χ1n) is 7.48. The van der Waals surface area contributed by atoms with E-state index in [1.54, 1.807) is 0 Å². The molecule has 3 rings (SSSR count).